The van der Waals surface area contributed by atoms with Crippen molar-refractivity contribution in [1.82, 2.24) is 0 Å². The highest BCUT2D eigenvalue weighted by Crippen LogP contribution is 2.64. The largest absolute Gasteiger partial charge is 0.478 e. The molecular weight excluding hydrogens is 342 g/mol. The predicted molar refractivity (Wildman–Crippen MR) is 99.4 cm³/mol. The van der Waals surface area contributed by atoms with Crippen molar-refractivity contribution in [1.29, 1.82) is 0 Å². The molecule has 4 aliphatic rings. The van der Waals surface area contributed by atoms with E-state index < -0.39 is 5.97 Å². The zero-order valence-corrected chi connectivity index (χ0v) is 14.9. The Morgan fingerprint density at radius 1 is 1.07 bits per heavy atom. The van der Waals surface area contributed by atoms with E-state index in [4.69, 9.17) is 9.47 Å². The first kappa shape index (κ1) is 15.4. The number of anilines is 1. The lowest BCUT2D eigenvalue weighted by molar-refractivity contribution is 0.0697. The van der Waals surface area contributed by atoms with Gasteiger partial charge in [0.25, 0.3) is 0 Å². The first-order valence-corrected chi connectivity index (χ1v) is 9.73. The molecule has 2 aromatic rings. The predicted octanol–water partition coefficient (Wildman–Crippen LogP) is 4.41. The monoisotopic (exact) mass is 363 g/mol. The fourth-order valence-electron chi connectivity index (χ4n) is 6.13. The van der Waals surface area contributed by atoms with E-state index in [1.165, 1.54) is 24.8 Å². The number of hydrogen-bond acceptors (Lipinski definition) is 4. The van der Waals surface area contributed by atoms with Gasteiger partial charge in [-0.2, -0.15) is 0 Å². The Bertz CT molecular complexity index is 955. The van der Waals surface area contributed by atoms with E-state index in [1.807, 2.05) is 12.1 Å². The molecule has 2 aliphatic heterocycles. The van der Waals surface area contributed by atoms with E-state index >= 15 is 0 Å². The number of rotatable bonds is 2. The molecule has 5 nitrogen and oxygen atoms in total. The zero-order valence-electron chi connectivity index (χ0n) is 14.9. The van der Waals surface area contributed by atoms with Crippen LogP contribution < -0.4 is 14.8 Å². The normalized spacial score (nSPS) is 31.9. The fraction of sp³-hybridized carbons (Fsp3) is 0.409. The Balaban J connectivity index is 1.51. The quantitative estimate of drug-likeness (QED) is 0.827. The number of ether oxygens (including phenoxy) is 2. The summed E-state index contributed by atoms with van der Waals surface area (Å²) in [6, 6.07) is 12.0. The molecule has 0 radical (unpaired) electrons. The number of nitrogens with one attached hydrogen (secondary N) is 1. The number of carboxylic acid groups (broad SMARTS) is 1. The molecule has 2 heterocycles. The Morgan fingerprint density at radius 3 is 2.81 bits per heavy atom. The molecule has 5 heteroatoms. The molecule has 27 heavy (non-hydrogen) atoms. The summed E-state index contributed by atoms with van der Waals surface area (Å²) in [7, 11) is 0. The molecule has 0 spiro atoms. The first-order chi connectivity index (χ1) is 13.2. The van der Waals surface area contributed by atoms with E-state index in [0.717, 1.165) is 22.7 Å². The average molecular weight is 363 g/mol. The number of aromatic carboxylic acids is 1. The Labute approximate surface area is 157 Å². The topological polar surface area (TPSA) is 67.8 Å². The van der Waals surface area contributed by atoms with Crippen molar-refractivity contribution in [2.24, 2.45) is 17.8 Å². The highest BCUT2D eigenvalue weighted by molar-refractivity contribution is 5.95. The summed E-state index contributed by atoms with van der Waals surface area (Å²) < 4.78 is 11.1. The Morgan fingerprint density at radius 2 is 1.93 bits per heavy atom. The maximum absolute atomic E-state index is 11.8. The molecule has 0 saturated heterocycles. The smallest absolute Gasteiger partial charge is 0.337 e. The van der Waals surface area contributed by atoms with Crippen molar-refractivity contribution in [3.8, 4) is 11.5 Å². The number of carboxylic acids is 1. The van der Waals surface area contributed by atoms with Crippen LogP contribution in [0.3, 0.4) is 0 Å². The lowest BCUT2D eigenvalue weighted by atomic mass is 9.67. The number of carbonyl (C=O) groups is 1. The molecule has 2 fully saturated rings. The van der Waals surface area contributed by atoms with Gasteiger partial charge in [0.05, 0.1) is 17.3 Å². The van der Waals surface area contributed by atoms with Gasteiger partial charge in [-0.3, -0.25) is 0 Å². The molecule has 6 rings (SSSR count). The number of benzene rings is 2. The molecule has 2 N–H and O–H groups in total. The third-order valence-corrected chi connectivity index (χ3v) is 7.11. The van der Waals surface area contributed by atoms with Gasteiger partial charge in [-0.05, 0) is 72.3 Å². The summed E-state index contributed by atoms with van der Waals surface area (Å²) in [6.07, 6.45) is 3.80. The molecule has 138 valence electrons. The van der Waals surface area contributed by atoms with Crippen molar-refractivity contribution in [3.63, 3.8) is 0 Å². The van der Waals surface area contributed by atoms with E-state index in [0.29, 0.717) is 29.2 Å². The van der Waals surface area contributed by atoms with E-state index in [1.54, 1.807) is 6.07 Å². The van der Waals surface area contributed by atoms with Gasteiger partial charge < -0.3 is 19.9 Å². The fourth-order valence-corrected chi connectivity index (χ4v) is 6.13. The Hall–Kier alpha value is -2.69. The van der Waals surface area contributed by atoms with E-state index in [9.17, 15) is 9.90 Å². The van der Waals surface area contributed by atoms with Crippen molar-refractivity contribution in [2.45, 2.75) is 31.2 Å². The second-order valence-electron chi connectivity index (χ2n) is 8.25. The second kappa shape index (κ2) is 5.41. The van der Waals surface area contributed by atoms with Crippen LogP contribution in [0.5, 0.6) is 11.5 Å². The average Bonchev–Trinajstić information content (AvgIpc) is 3.42. The minimum Gasteiger partial charge on any atom is -0.478 e. The molecule has 0 aromatic heterocycles. The van der Waals surface area contributed by atoms with Crippen LogP contribution in [0.25, 0.3) is 0 Å². The molecule has 5 atom stereocenters. The molecule has 2 bridgehead atoms. The molecule has 2 aliphatic carbocycles. The van der Waals surface area contributed by atoms with Crippen molar-refractivity contribution >= 4 is 11.7 Å². The van der Waals surface area contributed by atoms with Gasteiger partial charge in [0.2, 0.25) is 6.79 Å². The molecule has 0 amide bonds. The SMILES string of the molecule is O=C(O)c1cccc2c1N[C@@H](c1ccc3c(c1)OCO3)[C@@H]1[C@@H]3CC[C@H](C3)[C@H]21. The third kappa shape index (κ3) is 2.08. The summed E-state index contributed by atoms with van der Waals surface area (Å²) in [5.41, 5.74) is 3.54. The minimum absolute atomic E-state index is 0.104. The first-order valence-electron chi connectivity index (χ1n) is 9.73. The minimum atomic E-state index is -0.870. The van der Waals surface area contributed by atoms with Crippen LogP contribution in [-0.4, -0.2) is 17.9 Å². The maximum Gasteiger partial charge on any atom is 0.337 e. The van der Waals surface area contributed by atoms with Crippen LogP contribution in [0.1, 0.15) is 52.7 Å². The summed E-state index contributed by atoms with van der Waals surface area (Å²) in [5.74, 6) is 3.00. The number of hydrogen-bond donors (Lipinski definition) is 2. The van der Waals surface area contributed by atoms with Crippen molar-refractivity contribution < 1.29 is 19.4 Å². The lowest BCUT2D eigenvalue weighted by Gasteiger charge is -2.44. The Kier molecular flexibility index (Phi) is 3.08. The molecule has 2 saturated carbocycles. The summed E-state index contributed by atoms with van der Waals surface area (Å²) in [6.45, 7) is 0.264. The van der Waals surface area contributed by atoms with Crippen LogP contribution in [0.2, 0.25) is 0 Å². The van der Waals surface area contributed by atoms with E-state index in [-0.39, 0.29) is 12.8 Å². The van der Waals surface area contributed by atoms with Gasteiger partial charge in [0.1, 0.15) is 0 Å². The maximum atomic E-state index is 11.8. The van der Waals surface area contributed by atoms with Crippen LogP contribution in [-0.2, 0) is 0 Å². The van der Waals surface area contributed by atoms with Gasteiger partial charge in [0.15, 0.2) is 11.5 Å². The highest BCUT2D eigenvalue weighted by Gasteiger charge is 2.54. The standard InChI is InChI=1S/C22H21NO4/c24-22(25)15-3-1-2-14-18-11-4-5-12(8-11)19(18)20(23-21(14)15)13-6-7-16-17(9-13)27-10-26-16/h1-3,6-7,9,11-12,18-20,23H,4-5,8,10H2,(H,24,25)/t11-,12-,18-,19-,20+/m1/s1. The van der Waals surface area contributed by atoms with Crippen LogP contribution >= 0.6 is 0 Å². The lowest BCUT2D eigenvalue weighted by Crippen LogP contribution is -2.36. The van der Waals surface area contributed by atoms with Crippen molar-refractivity contribution in [2.75, 3.05) is 12.1 Å². The molecular formula is C22H21NO4. The van der Waals surface area contributed by atoms with Gasteiger partial charge in [-0.15, -0.1) is 0 Å². The summed E-state index contributed by atoms with van der Waals surface area (Å²) in [5, 5.41) is 13.4. The number of fused-ring (bicyclic) bond motifs is 8. The molecule has 0 unspecified atom stereocenters. The summed E-state index contributed by atoms with van der Waals surface area (Å²) >= 11 is 0. The van der Waals surface area contributed by atoms with Crippen LogP contribution in [0.15, 0.2) is 36.4 Å². The highest BCUT2D eigenvalue weighted by atomic mass is 16.7. The third-order valence-electron chi connectivity index (χ3n) is 7.11. The van der Waals surface area contributed by atoms with Crippen LogP contribution in [0.4, 0.5) is 5.69 Å². The van der Waals surface area contributed by atoms with Crippen LogP contribution in [0, 0.1) is 17.8 Å². The second-order valence-corrected chi connectivity index (χ2v) is 8.25. The number of para-hydroxylation sites is 1. The van der Waals surface area contributed by atoms with Gasteiger partial charge in [0, 0.05) is 0 Å². The molecule has 2 aromatic carbocycles. The van der Waals surface area contributed by atoms with Gasteiger partial charge >= 0.3 is 5.97 Å². The van der Waals surface area contributed by atoms with Crippen molar-refractivity contribution in [3.05, 3.63) is 53.1 Å². The van der Waals surface area contributed by atoms with Gasteiger partial charge in [-0.1, -0.05) is 18.2 Å². The summed E-state index contributed by atoms with van der Waals surface area (Å²) in [4.78, 5) is 11.8. The van der Waals surface area contributed by atoms with Gasteiger partial charge in [-0.25, -0.2) is 4.79 Å². The zero-order chi connectivity index (χ0) is 18.1. The van der Waals surface area contributed by atoms with E-state index in [2.05, 4.69) is 23.5 Å².